The average molecular weight is 1190 g/mol. The molecule has 0 fully saturated rings. The molecule has 4 amide bonds. The number of phenolic OH excluding ortho intramolecular Hbond substituents is 2. The fourth-order valence-corrected chi connectivity index (χ4v) is 11.6. The van der Waals surface area contributed by atoms with E-state index in [-0.39, 0.29) is 45.2 Å². The summed E-state index contributed by atoms with van der Waals surface area (Å²) in [6.07, 6.45) is 4.05. The van der Waals surface area contributed by atoms with Crippen LogP contribution in [-0.2, 0) is 56.9 Å². The fourth-order valence-electron chi connectivity index (χ4n) is 11.6. The molecule has 0 saturated heterocycles. The molecule has 6 aromatic carbocycles. The topological polar surface area (TPSA) is 194 Å². The number of ether oxygens (including phenoxy) is 4. The number of allylic oxidation sites excluding steroid dienone is 2. The predicted octanol–water partition coefficient (Wildman–Crippen LogP) is 14.3. The van der Waals surface area contributed by atoms with Gasteiger partial charge in [0.15, 0.2) is 0 Å². The van der Waals surface area contributed by atoms with E-state index in [1.165, 1.54) is 0 Å². The Kier molecular flexibility index (Phi) is 18.7. The van der Waals surface area contributed by atoms with Gasteiger partial charge >= 0.3 is 12.1 Å². The van der Waals surface area contributed by atoms with Crippen molar-refractivity contribution in [1.29, 1.82) is 0 Å². The number of hydrogen-bond donors (Lipinski definition) is 6. The minimum atomic E-state index is -0.571. The molecule has 8 bridgehead atoms. The molecule has 6 aromatic rings. The normalized spacial score (nSPS) is 16.4. The SMILES string of the molecule is CC1=C(C=O)C(c2ccc(OCCCOc3c4cc(C(C)(C)C)cc3Cc3cc(C(C)(C)C)cc(c3O)Cc3cc(C(C)(C)C)cc(c3OCCCOc3ccc(C5NC(=O)NC(C)=C5C=O)cc3)Cc3cc(C(C)(C)C)cc(c3O)C4)cc2)NC(=O)N1. The third-order valence-corrected chi connectivity index (χ3v) is 16.9. The van der Waals surface area contributed by atoms with Crippen molar-refractivity contribution in [3.63, 3.8) is 0 Å². The Morgan fingerprint density at radius 3 is 0.943 bits per heavy atom. The molecule has 2 heterocycles. The summed E-state index contributed by atoms with van der Waals surface area (Å²) in [5.74, 6) is 3.11. The summed E-state index contributed by atoms with van der Waals surface area (Å²) in [6, 6.07) is 30.3. The summed E-state index contributed by atoms with van der Waals surface area (Å²) in [5, 5.41) is 36.7. The molecule has 6 N–H and O–H groups in total. The Morgan fingerprint density at radius 1 is 0.420 bits per heavy atom. The van der Waals surface area contributed by atoms with Gasteiger partial charge in [0.05, 0.1) is 38.5 Å². The zero-order chi connectivity index (χ0) is 63.6. The summed E-state index contributed by atoms with van der Waals surface area (Å²) >= 11 is 0. The molecule has 2 aliphatic heterocycles. The quantitative estimate of drug-likeness (QED) is 0.0400. The van der Waals surface area contributed by atoms with Crippen molar-refractivity contribution in [3.05, 3.63) is 197 Å². The van der Waals surface area contributed by atoms with Gasteiger partial charge in [0.25, 0.3) is 0 Å². The Bertz CT molecular complexity index is 3360. The summed E-state index contributed by atoms with van der Waals surface area (Å²) < 4.78 is 26.5. The van der Waals surface area contributed by atoms with Gasteiger partial charge in [-0.25, -0.2) is 9.59 Å². The van der Waals surface area contributed by atoms with Gasteiger partial charge in [-0.05, 0) is 138 Å². The van der Waals surface area contributed by atoms with Gasteiger partial charge in [0.1, 0.15) is 47.1 Å². The van der Waals surface area contributed by atoms with Crippen LogP contribution in [0.4, 0.5) is 9.59 Å². The first-order chi connectivity index (χ1) is 41.5. The third kappa shape index (κ3) is 14.7. The van der Waals surface area contributed by atoms with Crippen LogP contribution in [0.5, 0.6) is 34.5 Å². The summed E-state index contributed by atoms with van der Waals surface area (Å²) in [7, 11) is 0. The van der Waals surface area contributed by atoms with Crippen molar-refractivity contribution in [2.24, 2.45) is 0 Å². The number of rotatable bonds is 16. The number of fused-ring (bicyclic) bond motifs is 8. The maximum Gasteiger partial charge on any atom is 0.319 e. The molecule has 1 aliphatic carbocycles. The molecule has 0 saturated carbocycles. The second-order valence-electron chi connectivity index (χ2n) is 27.9. The zero-order valence-corrected chi connectivity index (χ0v) is 53.8. The summed E-state index contributed by atoms with van der Waals surface area (Å²) in [5.41, 5.74) is 13.5. The standard InChI is InChI=1S/C74H88N4O10/c1-43-61(41-79)63(77-69(83)75-43)45-17-21-59(22-18-45)85-25-15-27-87-67-51-29-47-33-55(71(3,4)5)35-49(65(47)81)31-53-39-58(74(12,13)14)40-54(32-50-36-56(72(6,7)8)34-48(66(50)82)30-52(67)38-57(37-51)73(9,10)11)68(53)88-28-16-26-86-60-23-19-46(20-24-60)64-62(42-80)44(2)76-70(84)78-64/h17-24,33-42,63-64,81-82H,15-16,25-32H2,1-14H3,(H2,75,77,83)(H2,76,78,84). The number of amides is 4. The van der Waals surface area contributed by atoms with Crippen molar-refractivity contribution >= 4 is 24.6 Å². The second-order valence-corrected chi connectivity index (χ2v) is 27.9. The van der Waals surface area contributed by atoms with Crippen molar-refractivity contribution in [2.45, 2.75) is 169 Å². The van der Waals surface area contributed by atoms with Gasteiger partial charge in [0.2, 0.25) is 0 Å². The summed E-state index contributed by atoms with van der Waals surface area (Å²) in [6.45, 7) is 31.1. The smallest absolute Gasteiger partial charge is 0.319 e. The first kappa shape index (κ1) is 64.0. The molecule has 3 aliphatic rings. The zero-order valence-electron chi connectivity index (χ0n) is 53.8. The number of urea groups is 2. The minimum absolute atomic E-state index is 0.214. The van der Waals surface area contributed by atoms with Gasteiger partial charge in [-0.3, -0.25) is 9.59 Å². The molecule has 0 aromatic heterocycles. The largest absolute Gasteiger partial charge is 0.507 e. The highest BCUT2D eigenvalue weighted by atomic mass is 16.5. The Morgan fingerprint density at radius 2 is 0.682 bits per heavy atom. The predicted molar refractivity (Wildman–Crippen MR) is 346 cm³/mol. The highest BCUT2D eigenvalue weighted by Gasteiger charge is 2.31. The van der Waals surface area contributed by atoms with Crippen molar-refractivity contribution in [3.8, 4) is 34.5 Å². The van der Waals surface area contributed by atoms with Crippen LogP contribution in [-0.4, -0.2) is 61.3 Å². The van der Waals surface area contributed by atoms with Crippen LogP contribution in [0.1, 0.15) is 200 Å². The van der Waals surface area contributed by atoms with E-state index in [1.54, 1.807) is 13.8 Å². The van der Waals surface area contributed by atoms with Gasteiger partial charge in [-0.15, -0.1) is 0 Å². The molecule has 0 radical (unpaired) electrons. The molecule has 464 valence electrons. The van der Waals surface area contributed by atoms with Gasteiger partial charge in [0, 0.05) is 61.1 Å². The van der Waals surface area contributed by atoms with Gasteiger partial charge in [-0.2, -0.15) is 0 Å². The number of carbonyl (C=O) groups is 4. The number of benzene rings is 6. The van der Waals surface area contributed by atoms with E-state index in [0.717, 1.165) is 90.5 Å². The van der Waals surface area contributed by atoms with Crippen LogP contribution in [0.25, 0.3) is 0 Å². The number of hydrogen-bond acceptors (Lipinski definition) is 10. The van der Waals surface area contributed by atoms with Crippen molar-refractivity contribution < 1.29 is 48.3 Å². The Balaban J connectivity index is 1.07. The highest BCUT2D eigenvalue weighted by Crippen LogP contribution is 2.44. The number of aromatic hydroxyl groups is 2. The Hall–Kier alpha value is -8.52. The second kappa shape index (κ2) is 25.7. The molecule has 14 heteroatoms. The lowest BCUT2D eigenvalue weighted by Crippen LogP contribution is -2.43. The van der Waals surface area contributed by atoms with E-state index in [1.807, 2.05) is 48.5 Å². The summed E-state index contributed by atoms with van der Waals surface area (Å²) in [4.78, 5) is 48.6. The molecule has 2 unspecified atom stereocenters. The average Bonchev–Trinajstić information content (AvgIpc) is 3.67. The van der Waals surface area contributed by atoms with E-state index in [2.05, 4.69) is 153 Å². The van der Waals surface area contributed by atoms with Crippen LogP contribution in [0.15, 0.2) is 120 Å². The van der Waals surface area contributed by atoms with Crippen molar-refractivity contribution in [2.75, 3.05) is 26.4 Å². The van der Waals surface area contributed by atoms with Crippen LogP contribution < -0.4 is 40.2 Å². The Labute approximate surface area is 519 Å². The molecular formula is C74H88N4O10. The first-order valence-electron chi connectivity index (χ1n) is 30.7. The van der Waals surface area contributed by atoms with Crippen LogP contribution >= 0.6 is 0 Å². The van der Waals surface area contributed by atoms with E-state index in [0.29, 0.717) is 110 Å². The van der Waals surface area contributed by atoms with E-state index in [4.69, 9.17) is 18.9 Å². The van der Waals surface area contributed by atoms with Gasteiger partial charge in [-0.1, -0.05) is 156 Å². The maximum absolute atomic E-state index is 12.9. The fraction of sp³-hybridized carbons (Fsp3) is 0.405. The molecule has 9 rings (SSSR count). The molecule has 0 spiro atoms. The number of nitrogens with one attached hydrogen (secondary N) is 4. The molecule has 2 atom stereocenters. The lowest BCUT2D eigenvalue weighted by molar-refractivity contribution is -0.106. The monoisotopic (exact) mass is 1190 g/mol. The van der Waals surface area contributed by atoms with E-state index < -0.39 is 12.1 Å². The third-order valence-electron chi connectivity index (χ3n) is 16.9. The van der Waals surface area contributed by atoms with E-state index in [9.17, 15) is 29.4 Å². The molecular weight excluding hydrogens is 1100 g/mol. The van der Waals surface area contributed by atoms with Crippen molar-refractivity contribution in [1.82, 2.24) is 21.3 Å². The first-order valence-corrected chi connectivity index (χ1v) is 30.7. The van der Waals surface area contributed by atoms with Crippen LogP contribution in [0, 0.1) is 0 Å². The van der Waals surface area contributed by atoms with Crippen LogP contribution in [0.2, 0.25) is 0 Å². The molecule has 88 heavy (non-hydrogen) atoms. The highest BCUT2D eigenvalue weighted by molar-refractivity contribution is 5.87. The minimum Gasteiger partial charge on any atom is -0.507 e. The number of carbonyl (C=O) groups excluding carboxylic acids is 4. The number of phenols is 2. The number of aldehydes is 2. The lowest BCUT2D eigenvalue weighted by atomic mass is 9.79. The van der Waals surface area contributed by atoms with Crippen LogP contribution in [0.3, 0.4) is 0 Å². The lowest BCUT2D eigenvalue weighted by Gasteiger charge is -2.28. The van der Waals surface area contributed by atoms with E-state index >= 15 is 0 Å². The van der Waals surface area contributed by atoms with Gasteiger partial charge < -0.3 is 50.4 Å². The maximum atomic E-state index is 12.9. The molecule has 14 nitrogen and oxygen atoms in total.